The van der Waals surface area contributed by atoms with Gasteiger partial charge in [0.1, 0.15) is 11.3 Å². The van der Waals surface area contributed by atoms with E-state index >= 15 is 0 Å². The van der Waals surface area contributed by atoms with E-state index in [1.54, 1.807) is 53.9 Å². The topological polar surface area (TPSA) is 114 Å². The molecule has 3 heterocycles. The zero-order valence-corrected chi connectivity index (χ0v) is 17.5. The highest BCUT2D eigenvalue weighted by Gasteiger charge is 2.17. The maximum atomic E-state index is 12.6. The number of fused-ring (bicyclic) bond motifs is 1. The second kappa shape index (κ2) is 8.39. The van der Waals surface area contributed by atoms with E-state index in [9.17, 15) is 9.59 Å². The Bertz CT molecular complexity index is 1450. The first-order chi connectivity index (χ1) is 16.1. The van der Waals surface area contributed by atoms with Crippen molar-refractivity contribution in [1.82, 2.24) is 30.4 Å². The lowest BCUT2D eigenvalue weighted by molar-refractivity contribution is 0.0843. The number of amides is 2. The van der Waals surface area contributed by atoms with Gasteiger partial charge in [-0.1, -0.05) is 24.3 Å². The number of hydrogen-bond acceptors (Lipinski definition) is 6. The van der Waals surface area contributed by atoms with Crippen LogP contribution in [-0.2, 0) is 0 Å². The molecule has 0 atom stereocenters. The number of benzene rings is 2. The molecule has 0 radical (unpaired) electrons. The van der Waals surface area contributed by atoms with E-state index in [4.69, 9.17) is 4.42 Å². The highest BCUT2D eigenvalue weighted by Crippen LogP contribution is 2.23. The summed E-state index contributed by atoms with van der Waals surface area (Å²) in [6, 6.07) is 21.5. The van der Waals surface area contributed by atoms with Gasteiger partial charge in [0.2, 0.25) is 11.8 Å². The molecular formula is C24H18N6O3. The number of imidazole rings is 1. The van der Waals surface area contributed by atoms with Gasteiger partial charge in [0.05, 0.1) is 5.69 Å². The lowest BCUT2D eigenvalue weighted by Gasteiger charge is -2.08. The molecular weight excluding hydrogens is 420 g/mol. The van der Waals surface area contributed by atoms with Gasteiger partial charge in [-0.05, 0) is 55.5 Å². The van der Waals surface area contributed by atoms with Crippen LogP contribution in [0.25, 0.3) is 28.6 Å². The molecule has 0 bridgehead atoms. The molecule has 0 spiro atoms. The molecule has 0 aliphatic heterocycles. The normalized spacial score (nSPS) is 10.8. The molecule has 9 nitrogen and oxygen atoms in total. The largest absolute Gasteiger partial charge is 0.416 e. The van der Waals surface area contributed by atoms with Gasteiger partial charge in [-0.2, -0.15) is 0 Å². The maximum absolute atomic E-state index is 12.6. The quantitative estimate of drug-likeness (QED) is 0.416. The fourth-order valence-corrected chi connectivity index (χ4v) is 3.43. The predicted molar refractivity (Wildman–Crippen MR) is 120 cm³/mol. The highest BCUT2D eigenvalue weighted by molar-refractivity contribution is 5.99. The summed E-state index contributed by atoms with van der Waals surface area (Å²) in [6.07, 6.45) is 1.74. The standard InChI is InChI=1S/C24H18N6O3/c1-15-20(30-14-6-5-9-19(30)25-15)22(32)27-26-21(31)16-10-12-18(13-11-16)24-29-28-23(33-24)17-7-3-2-4-8-17/h2-14H,1H3,(H,26,31)(H,27,32). The van der Waals surface area contributed by atoms with Crippen molar-refractivity contribution >= 4 is 17.5 Å². The smallest absolute Gasteiger partial charge is 0.288 e. The molecule has 0 aliphatic carbocycles. The summed E-state index contributed by atoms with van der Waals surface area (Å²) in [4.78, 5) is 29.5. The van der Waals surface area contributed by atoms with Crippen molar-refractivity contribution in [2.45, 2.75) is 6.92 Å². The molecule has 0 fully saturated rings. The molecule has 3 aromatic heterocycles. The number of carbonyl (C=O) groups excluding carboxylic acids is 2. The van der Waals surface area contributed by atoms with Gasteiger partial charge in [0, 0.05) is 22.9 Å². The van der Waals surface area contributed by atoms with Crippen LogP contribution in [0.4, 0.5) is 0 Å². The van der Waals surface area contributed by atoms with Gasteiger partial charge >= 0.3 is 0 Å². The first-order valence-electron chi connectivity index (χ1n) is 10.1. The van der Waals surface area contributed by atoms with Crippen LogP contribution < -0.4 is 10.9 Å². The minimum Gasteiger partial charge on any atom is -0.416 e. The van der Waals surface area contributed by atoms with Crippen LogP contribution >= 0.6 is 0 Å². The van der Waals surface area contributed by atoms with Crippen molar-refractivity contribution in [2.24, 2.45) is 0 Å². The summed E-state index contributed by atoms with van der Waals surface area (Å²) >= 11 is 0. The Morgan fingerprint density at radius 3 is 2.15 bits per heavy atom. The Hall–Kier alpha value is -4.79. The maximum Gasteiger partial charge on any atom is 0.288 e. The Morgan fingerprint density at radius 2 is 1.42 bits per heavy atom. The van der Waals surface area contributed by atoms with Crippen LogP contribution in [0.1, 0.15) is 26.5 Å². The van der Waals surface area contributed by atoms with Crippen molar-refractivity contribution in [3.05, 3.63) is 95.9 Å². The van der Waals surface area contributed by atoms with Crippen molar-refractivity contribution < 1.29 is 14.0 Å². The number of carbonyl (C=O) groups is 2. The number of aryl methyl sites for hydroxylation is 1. The third-order valence-electron chi connectivity index (χ3n) is 5.05. The summed E-state index contributed by atoms with van der Waals surface area (Å²) in [5, 5.41) is 8.15. The first kappa shape index (κ1) is 20.1. The van der Waals surface area contributed by atoms with Crippen molar-refractivity contribution in [1.29, 1.82) is 0 Å². The SMILES string of the molecule is Cc1nc2ccccn2c1C(=O)NNC(=O)c1ccc(-c2nnc(-c3ccccc3)o2)cc1. The number of hydrogen-bond donors (Lipinski definition) is 2. The van der Waals surface area contributed by atoms with E-state index < -0.39 is 11.8 Å². The highest BCUT2D eigenvalue weighted by atomic mass is 16.4. The van der Waals surface area contributed by atoms with Crippen molar-refractivity contribution in [3.63, 3.8) is 0 Å². The molecule has 0 saturated heterocycles. The van der Waals surface area contributed by atoms with E-state index in [2.05, 4.69) is 26.0 Å². The average molecular weight is 438 g/mol. The fourth-order valence-electron chi connectivity index (χ4n) is 3.43. The van der Waals surface area contributed by atoms with Gasteiger partial charge in [-0.25, -0.2) is 4.98 Å². The van der Waals surface area contributed by atoms with Crippen LogP contribution in [-0.4, -0.2) is 31.4 Å². The van der Waals surface area contributed by atoms with E-state index in [1.807, 2.05) is 36.4 Å². The molecule has 2 N–H and O–H groups in total. The van der Waals surface area contributed by atoms with E-state index in [0.717, 1.165) is 5.56 Å². The lowest BCUT2D eigenvalue weighted by atomic mass is 10.1. The Labute approximate surface area is 188 Å². The van der Waals surface area contributed by atoms with E-state index in [1.165, 1.54) is 0 Å². The number of nitrogens with zero attached hydrogens (tertiary/aromatic N) is 4. The Kier molecular flexibility index (Phi) is 5.12. The summed E-state index contributed by atoms with van der Waals surface area (Å²) in [5.41, 5.74) is 8.30. The molecule has 9 heteroatoms. The van der Waals surface area contributed by atoms with E-state index in [0.29, 0.717) is 39.9 Å². The zero-order valence-electron chi connectivity index (χ0n) is 17.5. The monoisotopic (exact) mass is 438 g/mol. The number of pyridine rings is 1. The van der Waals surface area contributed by atoms with Gasteiger partial charge in [-0.3, -0.25) is 24.8 Å². The fraction of sp³-hybridized carbons (Fsp3) is 0.0417. The molecule has 2 aromatic carbocycles. The number of rotatable bonds is 4. The van der Waals surface area contributed by atoms with Crippen LogP contribution in [0, 0.1) is 6.92 Å². The summed E-state index contributed by atoms with van der Waals surface area (Å²) in [6.45, 7) is 1.74. The predicted octanol–water partition coefficient (Wildman–Crippen LogP) is 3.43. The molecule has 5 rings (SSSR count). The molecule has 33 heavy (non-hydrogen) atoms. The van der Waals surface area contributed by atoms with Gasteiger partial charge < -0.3 is 4.42 Å². The molecule has 162 valence electrons. The number of aromatic nitrogens is 4. The molecule has 5 aromatic rings. The zero-order chi connectivity index (χ0) is 22.8. The van der Waals surface area contributed by atoms with Crippen molar-refractivity contribution in [2.75, 3.05) is 0 Å². The van der Waals surface area contributed by atoms with Gasteiger partial charge in [-0.15, -0.1) is 10.2 Å². The third-order valence-corrected chi connectivity index (χ3v) is 5.05. The Morgan fingerprint density at radius 1 is 0.788 bits per heavy atom. The second-order valence-electron chi connectivity index (χ2n) is 7.24. The Balaban J connectivity index is 1.26. The minimum atomic E-state index is -0.463. The number of hydrazine groups is 1. The molecule has 0 unspecified atom stereocenters. The third kappa shape index (κ3) is 3.94. The van der Waals surface area contributed by atoms with Gasteiger partial charge in [0.15, 0.2) is 0 Å². The molecule has 0 saturated carbocycles. The first-order valence-corrected chi connectivity index (χ1v) is 10.1. The molecule has 0 aliphatic rings. The van der Waals surface area contributed by atoms with Crippen LogP contribution in [0.2, 0.25) is 0 Å². The summed E-state index contributed by atoms with van der Waals surface area (Å²) in [7, 11) is 0. The molecule has 2 amide bonds. The van der Waals surface area contributed by atoms with E-state index in [-0.39, 0.29) is 0 Å². The van der Waals surface area contributed by atoms with Gasteiger partial charge in [0.25, 0.3) is 11.8 Å². The van der Waals surface area contributed by atoms with Crippen molar-refractivity contribution in [3.8, 4) is 22.9 Å². The van der Waals surface area contributed by atoms with Crippen LogP contribution in [0.15, 0.2) is 83.4 Å². The minimum absolute atomic E-state index is 0.345. The number of nitrogens with one attached hydrogen (secondary N) is 2. The van der Waals surface area contributed by atoms with Crippen LogP contribution in [0.5, 0.6) is 0 Å². The summed E-state index contributed by atoms with van der Waals surface area (Å²) in [5.74, 6) is -0.164. The lowest BCUT2D eigenvalue weighted by Crippen LogP contribution is -2.42. The van der Waals surface area contributed by atoms with Crippen LogP contribution in [0.3, 0.4) is 0 Å². The summed E-state index contributed by atoms with van der Waals surface area (Å²) < 4.78 is 7.40. The second-order valence-corrected chi connectivity index (χ2v) is 7.24. The average Bonchev–Trinajstić information content (AvgIpc) is 3.47.